The van der Waals surface area contributed by atoms with E-state index in [0.717, 1.165) is 19.0 Å². The first-order chi connectivity index (χ1) is 9.35. The molecule has 1 fully saturated rings. The number of rotatable bonds is 7. The van der Waals surface area contributed by atoms with Crippen LogP contribution in [-0.4, -0.2) is 16.1 Å². The van der Waals surface area contributed by atoms with Gasteiger partial charge in [-0.05, 0) is 32.2 Å². The van der Waals surface area contributed by atoms with Gasteiger partial charge < -0.3 is 9.88 Å². The van der Waals surface area contributed by atoms with Crippen molar-refractivity contribution < 1.29 is 0 Å². The van der Waals surface area contributed by atoms with Crippen LogP contribution < -0.4 is 5.32 Å². The third-order valence-electron chi connectivity index (χ3n) is 4.44. The second kappa shape index (κ2) is 7.68. The van der Waals surface area contributed by atoms with Gasteiger partial charge in [0.2, 0.25) is 0 Å². The normalized spacial score (nSPS) is 18.6. The topological polar surface area (TPSA) is 29.9 Å². The van der Waals surface area contributed by atoms with Crippen molar-refractivity contribution in [1.29, 1.82) is 0 Å². The molecule has 1 saturated carbocycles. The molecule has 0 spiro atoms. The molecular weight excluding hydrogens is 234 g/mol. The second-order valence-electron chi connectivity index (χ2n) is 5.76. The summed E-state index contributed by atoms with van der Waals surface area (Å²) in [6, 6.07) is 0.432. The van der Waals surface area contributed by atoms with E-state index in [2.05, 4.69) is 34.9 Å². The van der Waals surface area contributed by atoms with E-state index in [1.165, 1.54) is 50.8 Å². The Labute approximate surface area is 117 Å². The van der Waals surface area contributed by atoms with Gasteiger partial charge in [0.05, 0.1) is 6.04 Å². The first-order valence-electron chi connectivity index (χ1n) is 8.09. The zero-order valence-corrected chi connectivity index (χ0v) is 12.6. The van der Waals surface area contributed by atoms with E-state index >= 15 is 0 Å². The van der Waals surface area contributed by atoms with Gasteiger partial charge in [-0.25, -0.2) is 4.98 Å². The Morgan fingerprint density at radius 3 is 2.79 bits per heavy atom. The lowest BCUT2D eigenvalue weighted by atomic mass is 9.85. The third kappa shape index (κ3) is 4.07. The molecule has 1 aromatic rings. The molecule has 1 aliphatic carbocycles. The summed E-state index contributed by atoms with van der Waals surface area (Å²) in [6.45, 7) is 6.41. The van der Waals surface area contributed by atoms with E-state index in [1.54, 1.807) is 0 Å². The molecule has 0 saturated heterocycles. The van der Waals surface area contributed by atoms with Crippen molar-refractivity contribution in [2.45, 2.75) is 71.4 Å². The highest BCUT2D eigenvalue weighted by Crippen LogP contribution is 2.30. The lowest BCUT2D eigenvalue weighted by Gasteiger charge is -2.24. The summed E-state index contributed by atoms with van der Waals surface area (Å²) in [4.78, 5) is 4.57. The van der Waals surface area contributed by atoms with Crippen LogP contribution in [0.25, 0.3) is 0 Å². The molecule has 1 N–H and O–H groups in total. The van der Waals surface area contributed by atoms with Crippen molar-refractivity contribution >= 4 is 0 Å². The summed E-state index contributed by atoms with van der Waals surface area (Å²) in [7, 11) is 0. The lowest BCUT2D eigenvalue weighted by molar-refractivity contribution is 0.310. The van der Waals surface area contributed by atoms with Crippen LogP contribution in [0.2, 0.25) is 0 Å². The molecule has 1 unspecified atom stereocenters. The van der Waals surface area contributed by atoms with E-state index in [0.29, 0.717) is 6.04 Å². The summed E-state index contributed by atoms with van der Waals surface area (Å²) < 4.78 is 2.27. The quantitative estimate of drug-likeness (QED) is 0.808. The number of hydrogen-bond donors (Lipinski definition) is 1. The Balaban J connectivity index is 1.91. The van der Waals surface area contributed by atoms with Gasteiger partial charge >= 0.3 is 0 Å². The highest BCUT2D eigenvalue weighted by molar-refractivity contribution is 4.99. The van der Waals surface area contributed by atoms with Crippen molar-refractivity contribution in [2.24, 2.45) is 5.92 Å². The zero-order chi connectivity index (χ0) is 13.5. The fraction of sp³-hybridized carbons (Fsp3) is 0.812. The van der Waals surface area contributed by atoms with E-state index in [1.807, 2.05) is 6.20 Å². The molecule has 0 bridgehead atoms. The van der Waals surface area contributed by atoms with E-state index < -0.39 is 0 Å². The predicted molar refractivity (Wildman–Crippen MR) is 80.1 cm³/mol. The average molecular weight is 263 g/mol. The molecule has 108 valence electrons. The number of hydrogen-bond acceptors (Lipinski definition) is 2. The van der Waals surface area contributed by atoms with Crippen LogP contribution in [0.4, 0.5) is 0 Å². The standard InChI is InChI=1S/C16H29N3/c1-3-17-15(16-18-12-13-19(16)4-2)11-10-14-8-6-5-7-9-14/h12-15,17H,3-11H2,1-2H3. The minimum absolute atomic E-state index is 0.432. The van der Waals surface area contributed by atoms with Gasteiger partial charge in [-0.1, -0.05) is 39.0 Å². The van der Waals surface area contributed by atoms with Crippen molar-refractivity contribution in [2.75, 3.05) is 6.54 Å². The van der Waals surface area contributed by atoms with Crippen molar-refractivity contribution in [1.82, 2.24) is 14.9 Å². The summed E-state index contributed by atoms with van der Waals surface area (Å²) in [5.41, 5.74) is 0. The summed E-state index contributed by atoms with van der Waals surface area (Å²) in [5, 5.41) is 3.62. The van der Waals surface area contributed by atoms with Gasteiger partial charge in [0.15, 0.2) is 0 Å². The van der Waals surface area contributed by atoms with Crippen LogP contribution in [0, 0.1) is 5.92 Å². The van der Waals surface area contributed by atoms with E-state index in [9.17, 15) is 0 Å². The molecule has 0 aromatic carbocycles. The molecule has 3 heteroatoms. The van der Waals surface area contributed by atoms with E-state index in [4.69, 9.17) is 0 Å². The first-order valence-corrected chi connectivity index (χ1v) is 8.09. The average Bonchev–Trinajstić information content (AvgIpc) is 2.93. The maximum absolute atomic E-state index is 4.57. The molecule has 1 atom stereocenters. The van der Waals surface area contributed by atoms with Gasteiger partial charge in [-0.15, -0.1) is 0 Å². The van der Waals surface area contributed by atoms with Gasteiger partial charge in [-0.3, -0.25) is 0 Å². The maximum Gasteiger partial charge on any atom is 0.125 e. The molecular formula is C16H29N3. The van der Waals surface area contributed by atoms with Crippen molar-refractivity contribution in [3.63, 3.8) is 0 Å². The summed E-state index contributed by atoms with van der Waals surface area (Å²) in [6.07, 6.45) is 13.9. The summed E-state index contributed by atoms with van der Waals surface area (Å²) >= 11 is 0. The highest BCUT2D eigenvalue weighted by atomic mass is 15.1. The molecule has 0 radical (unpaired) electrons. The minimum atomic E-state index is 0.432. The number of aromatic nitrogens is 2. The third-order valence-corrected chi connectivity index (χ3v) is 4.44. The van der Waals surface area contributed by atoms with Gasteiger partial charge in [-0.2, -0.15) is 0 Å². The molecule has 3 nitrogen and oxygen atoms in total. The van der Waals surface area contributed by atoms with Crippen LogP contribution >= 0.6 is 0 Å². The number of imidazole rings is 1. The number of nitrogens with one attached hydrogen (secondary N) is 1. The molecule has 1 aliphatic rings. The second-order valence-corrected chi connectivity index (χ2v) is 5.76. The van der Waals surface area contributed by atoms with Crippen LogP contribution in [0.3, 0.4) is 0 Å². The lowest BCUT2D eigenvalue weighted by Crippen LogP contribution is -2.25. The molecule has 0 aliphatic heterocycles. The Morgan fingerprint density at radius 1 is 1.32 bits per heavy atom. The fourth-order valence-corrected chi connectivity index (χ4v) is 3.35. The Morgan fingerprint density at radius 2 is 2.11 bits per heavy atom. The predicted octanol–water partition coefficient (Wildman–Crippen LogP) is 3.91. The molecule has 19 heavy (non-hydrogen) atoms. The van der Waals surface area contributed by atoms with Gasteiger partial charge in [0, 0.05) is 18.9 Å². The number of nitrogens with zero attached hydrogens (tertiary/aromatic N) is 2. The van der Waals surface area contributed by atoms with Crippen LogP contribution in [0.15, 0.2) is 12.4 Å². The Hall–Kier alpha value is -0.830. The molecule has 1 aromatic heterocycles. The van der Waals surface area contributed by atoms with Crippen LogP contribution in [0.1, 0.15) is 70.7 Å². The minimum Gasteiger partial charge on any atom is -0.334 e. The maximum atomic E-state index is 4.57. The van der Waals surface area contributed by atoms with Crippen LogP contribution in [-0.2, 0) is 6.54 Å². The summed E-state index contributed by atoms with van der Waals surface area (Å²) in [5.74, 6) is 2.18. The van der Waals surface area contributed by atoms with Crippen molar-refractivity contribution in [3.05, 3.63) is 18.2 Å². The fourth-order valence-electron chi connectivity index (χ4n) is 3.35. The molecule has 0 amide bonds. The molecule has 1 heterocycles. The smallest absolute Gasteiger partial charge is 0.125 e. The number of aryl methyl sites for hydroxylation is 1. The van der Waals surface area contributed by atoms with Gasteiger partial charge in [0.1, 0.15) is 5.82 Å². The van der Waals surface area contributed by atoms with E-state index in [-0.39, 0.29) is 0 Å². The van der Waals surface area contributed by atoms with Gasteiger partial charge in [0.25, 0.3) is 0 Å². The SMILES string of the molecule is CCNC(CCC1CCCCC1)c1nccn1CC. The highest BCUT2D eigenvalue weighted by Gasteiger charge is 2.19. The Kier molecular flexibility index (Phi) is 5.90. The Bertz CT molecular complexity index is 353. The van der Waals surface area contributed by atoms with Crippen molar-refractivity contribution in [3.8, 4) is 0 Å². The largest absolute Gasteiger partial charge is 0.334 e. The molecule has 2 rings (SSSR count). The monoisotopic (exact) mass is 263 g/mol. The van der Waals surface area contributed by atoms with Crippen LogP contribution in [0.5, 0.6) is 0 Å². The first kappa shape index (κ1) is 14.6. The zero-order valence-electron chi connectivity index (χ0n) is 12.6.